The third kappa shape index (κ3) is 4.24. The number of rotatable bonds is 8. The summed E-state index contributed by atoms with van der Waals surface area (Å²) >= 11 is 0. The van der Waals surface area contributed by atoms with Gasteiger partial charge in [-0.05, 0) is 67.3 Å². The van der Waals surface area contributed by atoms with E-state index in [1.807, 2.05) is 0 Å². The lowest BCUT2D eigenvalue weighted by atomic mass is 9.96. The number of hydrogen-bond donors (Lipinski definition) is 1. The largest absolute Gasteiger partial charge is 0.497 e. The van der Waals surface area contributed by atoms with Gasteiger partial charge in [-0.1, -0.05) is 32.9 Å². The molecule has 1 aromatic carbocycles. The summed E-state index contributed by atoms with van der Waals surface area (Å²) in [6.45, 7) is 9.31. The Morgan fingerprint density at radius 1 is 1.30 bits per heavy atom. The van der Waals surface area contributed by atoms with Gasteiger partial charge in [0.2, 0.25) is 0 Å². The maximum atomic E-state index is 5.20. The van der Waals surface area contributed by atoms with E-state index in [-0.39, 0.29) is 0 Å². The Kier molecular flexibility index (Phi) is 5.09. The van der Waals surface area contributed by atoms with E-state index < -0.39 is 0 Å². The van der Waals surface area contributed by atoms with Gasteiger partial charge in [-0.25, -0.2) is 0 Å². The molecular formula is C18H29NO. The van der Waals surface area contributed by atoms with E-state index in [1.54, 1.807) is 7.11 Å². The second-order valence-corrected chi connectivity index (χ2v) is 6.96. The van der Waals surface area contributed by atoms with Crippen molar-refractivity contribution in [2.24, 2.45) is 17.3 Å². The Morgan fingerprint density at radius 2 is 2.00 bits per heavy atom. The van der Waals surface area contributed by atoms with Crippen molar-refractivity contribution in [2.75, 3.05) is 20.2 Å². The first-order valence-electron chi connectivity index (χ1n) is 7.87. The Morgan fingerprint density at radius 3 is 2.60 bits per heavy atom. The van der Waals surface area contributed by atoms with Crippen LogP contribution < -0.4 is 10.1 Å². The van der Waals surface area contributed by atoms with Crippen LogP contribution in [0.25, 0.3) is 0 Å². The third-order valence-corrected chi connectivity index (χ3v) is 4.63. The number of nitrogens with one attached hydrogen (secondary N) is 1. The van der Waals surface area contributed by atoms with E-state index in [2.05, 4.69) is 50.4 Å². The van der Waals surface area contributed by atoms with Crippen molar-refractivity contribution in [1.82, 2.24) is 5.32 Å². The number of benzene rings is 1. The highest BCUT2D eigenvalue weighted by atomic mass is 16.5. The van der Waals surface area contributed by atoms with Crippen molar-refractivity contribution < 1.29 is 4.74 Å². The van der Waals surface area contributed by atoms with Crippen LogP contribution in [0.2, 0.25) is 0 Å². The molecule has 2 nitrogen and oxygen atoms in total. The van der Waals surface area contributed by atoms with Gasteiger partial charge in [0.05, 0.1) is 7.11 Å². The predicted octanol–water partition coefficient (Wildman–Crippen LogP) is 3.90. The van der Waals surface area contributed by atoms with Crippen molar-refractivity contribution in [2.45, 2.75) is 40.0 Å². The van der Waals surface area contributed by atoms with Crippen LogP contribution in [0.1, 0.15) is 39.2 Å². The van der Waals surface area contributed by atoms with Crippen molar-refractivity contribution in [3.05, 3.63) is 29.8 Å². The number of methoxy groups -OCH3 is 1. The minimum Gasteiger partial charge on any atom is -0.497 e. The highest BCUT2D eigenvalue weighted by molar-refractivity contribution is 5.27. The summed E-state index contributed by atoms with van der Waals surface area (Å²) in [4.78, 5) is 0. The average Bonchev–Trinajstić information content (AvgIpc) is 3.08. The Labute approximate surface area is 123 Å². The van der Waals surface area contributed by atoms with Crippen molar-refractivity contribution in [3.8, 4) is 5.75 Å². The van der Waals surface area contributed by atoms with Gasteiger partial charge in [-0.3, -0.25) is 0 Å². The maximum absolute atomic E-state index is 5.20. The Bertz CT molecular complexity index is 412. The topological polar surface area (TPSA) is 21.3 Å². The van der Waals surface area contributed by atoms with Crippen LogP contribution in [0.3, 0.4) is 0 Å². The van der Waals surface area contributed by atoms with Gasteiger partial charge in [0.25, 0.3) is 0 Å². The minimum atomic E-state index is 0.559. The third-order valence-electron chi connectivity index (χ3n) is 4.63. The lowest BCUT2D eigenvalue weighted by Crippen LogP contribution is -2.23. The van der Waals surface area contributed by atoms with Crippen LogP contribution in [0.5, 0.6) is 5.75 Å². The standard InChI is InChI=1S/C18H29NO/c1-14(2)12-19-13-16-11-18(16,3)10-9-15-5-7-17(20-4)8-6-15/h5-8,14,16,19H,9-13H2,1-4H3. The first-order valence-corrected chi connectivity index (χ1v) is 7.87. The minimum absolute atomic E-state index is 0.559. The van der Waals surface area contributed by atoms with Crippen LogP contribution in [0.15, 0.2) is 24.3 Å². The zero-order valence-electron chi connectivity index (χ0n) is 13.4. The smallest absolute Gasteiger partial charge is 0.118 e. The molecule has 2 heteroatoms. The maximum Gasteiger partial charge on any atom is 0.118 e. The average molecular weight is 275 g/mol. The molecule has 0 radical (unpaired) electrons. The van der Waals surface area contributed by atoms with Crippen LogP contribution in [-0.2, 0) is 6.42 Å². The first kappa shape index (κ1) is 15.4. The van der Waals surface area contributed by atoms with E-state index in [9.17, 15) is 0 Å². The second-order valence-electron chi connectivity index (χ2n) is 6.96. The zero-order chi connectivity index (χ0) is 14.6. The van der Waals surface area contributed by atoms with Crippen LogP contribution in [0.4, 0.5) is 0 Å². The summed E-state index contributed by atoms with van der Waals surface area (Å²) < 4.78 is 5.20. The predicted molar refractivity (Wildman–Crippen MR) is 85.2 cm³/mol. The SMILES string of the molecule is COc1ccc(CCC2(C)CC2CNCC(C)C)cc1. The first-order chi connectivity index (χ1) is 9.53. The summed E-state index contributed by atoms with van der Waals surface area (Å²) in [6.07, 6.45) is 3.86. The van der Waals surface area contributed by atoms with E-state index in [0.717, 1.165) is 24.1 Å². The molecule has 1 aliphatic rings. The summed E-state index contributed by atoms with van der Waals surface area (Å²) in [6, 6.07) is 8.51. The number of hydrogen-bond acceptors (Lipinski definition) is 2. The summed E-state index contributed by atoms with van der Waals surface area (Å²) in [7, 11) is 1.72. The Hall–Kier alpha value is -1.02. The normalized spacial score (nSPS) is 24.9. The number of aryl methyl sites for hydroxylation is 1. The molecule has 0 bridgehead atoms. The summed E-state index contributed by atoms with van der Waals surface area (Å²) in [5.41, 5.74) is 1.98. The molecule has 20 heavy (non-hydrogen) atoms. The van der Waals surface area contributed by atoms with Crippen LogP contribution in [0, 0.1) is 17.3 Å². The van der Waals surface area contributed by atoms with E-state index >= 15 is 0 Å². The van der Waals surface area contributed by atoms with Crippen molar-refractivity contribution >= 4 is 0 Å². The van der Waals surface area contributed by atoms with E-state index in [0.29, 0.717) is 5.41 Å². The van der Waals surface area contributed by atoms with Crippen molar-refractivity contribution in [1.29, 1.82) is 0 Å². The molecule has 2 rings (SSSR count). The second kappa shape index (κ2) is 6.62. The Balaban J connectivity index is 1.71. The molecule has 0 heterocycles. The molecule has 0 aromatic heterocycles. The molecule has 0 spiro atoms. The highest BCUT2D eigenvalue weighted by Gasteiger charge is 2.48. The van der Waals surface area contributed by atoms with Crippen molar-refractivity contribution in [3.63, 3.8) is 0 Å². The molecule has 0 aliphatic heterocycles. The molecule has 1 aliphatic carbocycles. The van der Waals surface area contributed by atoms with Gasteiger partial charge in [-0.2, -0.15) is 0 Å². The quantitative estimate of drug-likeness (QED) is 0.777. The molecule has 112 valence electrons. The van der Waals surface area contributed by atoms with Gasteiger partial charge in [0, 0.05) is 0 Å². The van der Waals surface area contributed by atoms with Gasteiger partial charge in [0.1, 0.15) is 5.75 Å². The highest BCUT2D eigenvalue weighted by Crippen LogP contribution is 2.54. The van der Waals surface area contributed by atoms with Gasteiger partial charge >= 0.3 is 0 Å². The van der Waals surface area contributed by atoms with Gasteiger partial charge < -0.3 is 10.1 Å². The fourth-order valence-electron chi connectivity index (χ4n) is 2.90. The number of ether oxygens (including phenoxy) is 1. The molecule has 2 atom stereocenters. The molecule has 1 N–H and O–H groups in total. The fourth-order valence-corrected chi connectivity index (χ4v) is 2.90. The molecule has 1 saturated carbocycles. The monoisotopic (exact) mass is 275 g/mol. The van der Waals surface area contributed by atoms with Crippen LogP contribution >= 0.6 is 0 Å². The molecule has 2 unspecified atom stereocenters. The lowest BCUT2D eigenvalue weighted by Gasteiger charge is -2.13. The van der Waals surface area contributed by atoms with E-state index in [4.69, 9.17) is 4.74 Å². The van der Waals surface area contributed by atoms with Gasteiger partial charge in [-0.15, -0.1) is 0 Å². The fraction of sp³-hybridized carbons (Fsp3) is 0.667. The lowest BCUT2D eigenvalue weighted by molar-refractivity contribution is 0.414. The summed E-state index contributed by atoms with van der Waals surface area (Å²) in [5, 5.41) is 3.60. The van der Waals surface area contributed by atoms with Crippen LogP contribution in [-0.4, -0.2) is 20.2 Å². The molecule has 1 fully saturated rings. The molecule has 1 aromatic rings. The molecular weight excluding hydrogens is 246 g/mol. The van der Waals surface area contributed by atoms with E-state index in [1.165, 1.54) is 31.4 Å². The molecule has 0 amide bonds. The molecule has 0 saturated heterocycles. The van der Waals surface area contributed by atoms with Gasteiger partial charge in [0.15, 0.2) is 0 Å². The summed E-state index contributed by atoms with van der Waals surface area (Å²) in [5.74, 6) is 2.57. The zero-order valence-corrected chi connectivity index (χ0v) is 13.4.